The largest absolute Gasteiger partial charge is 0.590 e. The summed E-state index contributed by atoms with van der Waals surface area (Å²) >= 11 is 0. The first kappa shape index (κ1) is 20.0. The van der Waals surface area contributed by atoms with Gasteiger partial charge in [0.15, 0.2) is 0 Å². The molecule has 5 nitrogen and oxygen atoms in total. The number of benzene rings is 1. The molecule has 1 aliphatic heterocycles. The lowest BCUT2D eigenvalue weighted by Gasteiger charge is -2.33. The number of alkyl halides is 2. The van der Waals surface area contributed by atoms with E-state index in [1.807, 2.05) is 30.0 Å². The van der Waals surface area contributed by atoms with Crippen LogP contribution < -0.4 is 5.32 Å². The van der Waals surface area contributed by atoms with E-state index in [0.29, 0.717) is 35.3 Å². The molecule has 2 heterocycles. The summed E-state index contributed by atoms with van der Waals surface area (Å²) in [4.78, 5) is 15.9. The van der Waals surface area contributed by atoms with Gasteiger partial charge in [-0.2, -0.15) is 0 Å². The fourth-order valence-electron chi connectivity index (χ4n) is 3.56. The average Bonchev–Trinajstić information content (AvgIpc) is 2.91. The van der Waals surface area contributed by atoms with Crippen molar-refractivity contribution in [1.29, 1.82) is 0 Å². The summed E-state index contributed by atoms with van der Waals surface area (Å²) in [5.41, 5.74) is 1.19. The first-order chi connectivity index (χ1) is 12.8. The molecule has 0 radical (unpaired) electrons. The van der Waals surface area contributed by atoms with Gasteiger partial charge in [0.1, 0.15) is 5.38 Å². The third-order valence-corrected chi connectivity index (χ3v) is 6.19. The molecule has 0 spiro atoms. The number of fused-ring (bicyclic) bond motifs is 1. The van der Waals surface area contributed by atoms with E-state index in [4.69, 9.17) is 0 Å². The van der Waals surface area contributed by atoms with Crippen molar-refractivity contribution in [3.63, 3.8) is 0 Å². The number of carbonyl (C=O) groups is 1. The zero-order valence-electron chi connectivity index (χ0n) is 15.6. The normalized spacial score (nSPS) is 16.6. The van der Waals surface area contributed by atoms with Crippen LogP contribution in [0, 0.1) is 0 Å². The van der Waals surface area contributed by atoms with Crippen molar-refractivity contribution in [1.82, 2.24) is 9.80 Å². The van der Waals surface area contributed by atoms with Crippen molar-refractivity contribution in [2.75, 3.05) is 39.0 Å². The standard InChI is InChI=1S/C19H25F2N3O2S/c1-23(2)11-18(25)24-8-6-14(7-9-24)22-16-5-3-4-15-13(10-17(20)21)12-27(26)19(15)16/h3-5,12,14,17,22H,6-11H2,1-2H3. The Hall–Kier alpha value is -1.77. The molecule has 0 saturated carbocycles. The Morgan fingerprint density at radius 2 is 2.07 bits per heavy atom. The van der Waals surface area contributed by atoms with Crippen molar-refractivity contribution < 1.29 is 18.1 Å². The zero-order valence-corrected chi connectivity index (χ0v) is 16.4. The molecule has 3 rings (SSSR count). The van der Waals surface area contributed by atoms with Crippen LogP contribution in [0.5, 0.6) is 0 Å². The highest BCUT2D eigenvalue weighted by molar-refractivity contribution is 7.30. The summed E-state index contributed by atoms with van der Waals surface area (Å²) in [6, 6.07) is 5.57. The lowest BCUT2D eigenvalue weighted by molar-refractivity contribution is -0.132. The van der Waals surface area contributed by atoms with Crippen LogP contribution >= 0.6 is 10.8 Å². The number of hydrogen-bond donors (Lipinski definition) is 1. The van der Waals surface area contributed by atoms with E-state index < -0.39 is 17.2 Å². The third-order valence-electron chi connectivity index (χ3n) is 4.84. The Morgan fingerprint density at radius 1 is 1.37 bits per heavy atom. The van der Waals surface area contributed by atoms with Crippen LogP contribution in [-0.4, -0.2) is 66.5 Å². The van der Waals surface area contributed by atoms with Crippen LogP contribution in [0.3, 0.4) is 0 Å². The molecule has 0 bridgehead atoms. The van der Waals surface area contributed by atoms with Crippen molar-refractivity contribution in [3.8, 4) is 0 Å². The van der Waals surface area contributed by atoms with Crippen LogP contribution in [0.25, 0.3) is 10.1 Å². The predicted molar refractivity (Wildman–Crippen MR) is 104 cm³/mol. The lowest BCUT2D eigenvalue weighted by Crippen LogP contribution is -2.45. The SMILES string of the molecule is CN(C)CC(=O)N1CCC(Nc2cccc3c(CC(F)F)c[s+]([O-])c23)CC1. The second-order valence-corrected chi connectivity index (χ2v) is 8.49. The first-order valence-corrected chi connectivity index (χ1v) is 10.3. The number of likely N-dealkylation sites (N-methyl/N-ethyl adjacent to an activating group) is 1. The third kappa shape index (κ3) is 4.75. The minimum atomic E-state index is -2.46. The van der Waals surface area contributed by atoms with E-state index >= 15 is 0 Å². The van der Waals surface area contributed by atoms with Gasteiger partial charge >= 0.3 is 0 Å². The second kappa shape index (κ2) is 8.50. The maximum Gasteiger partial charge on any atom is 0.242 e. The van der Waals surface area contributed by atoms with E-state index in [1.54, 1.807) is 12.1 Å². The Balaban J connectivity index is 1.69. The van der Waals surface area contributed by atoms with Gasteiger partial charge < -0.3 is 19.7 Å². The van der Waals surface area contributed by atoms with Gasteiger partial charge in [0, 0.05) is 36.5 Å². The Morgan fingerprint density at radius 3 is 2.70 bits per heavy atom. The number of anilines is 1. The van der Waals surface area contributed by atoms with Crippen molar-refractivity contribution in [3.05, 3.63) is 29.1 Å². The molecule has 1 aromatic heterocycles. The fraction of sp³-hybridized carbons (Fsp3) is 0.526. The van der Waals surface area contributed by atoms with Gasteiger partial charge in [-0.1, -0.05) is 6.07 Å². The van der Waals surface area contributed by atoms with Gasteiger partial charge in [0.2, 0.25) is 17.0 Å². The quantitative estimate of drug-likeness (QED) is 0.760. The van der Waals surface area contributed by atoms with Crippen molar-refractivity contribution in [2.24, 2.45) is 0 Å². The molecule has 1 atom stereocenters. The molecule has 1 saturated heterocycles. The number of likely N-dealkylation sites (tertiary alicyclic amines) is 1. The van der Waals surface area contributed by atoms with E-state index in [-0.39, 0.29) is 18.4 Å². The molecular formula is C19H25F2N3O2S. The molecule has 148 valence electrons. The maximum absolute atomic E-state index is 12.8. The van der Waals surface area contributed by atoms with E-state index in [0.717, 1.165) is 18.5 Å². The fourth-order valence-corrected chi connectivity index (χ4v) is 4.92. The molecule has 1 N–H and O–H groups in total. The number of hydrogen-bond acceptors (Lipinski definition) is 4. The zero-order chi connectivity index (χ0) is 19.6. The van der Waals surface area contributed by atoms with Gasteiger partial charge in [-0.3, -0.25) is 4.79 Å². The molecule has 1 aromatic carbocycles. The van der Waals surface area contributed by atoms with E-state index in [2.05, 4.69) is 5.32 Å². The molecule has 1 fully saturated rings. The summed E-state index contributed by atoms with van der Waals surface area (Å²) in [6.07, 6.45) is -1.24. The maximum atomic E-state index is 12.8. The van der Waals surface area contributed by atoms with Crippen LogP contribution in [0.15, 0.2) is 23.6 Å². The van der Waals surface area contributed by atoms with Crippen LogP contribution in [0.1, 0.15) is 18.4 Å². The topological polar surface area (TPSA) is 58.6 Å². The lowest BCUT2D eigenvalue weighted by atomic mass is 10.0. The van der Waals surface area contributed by atoms with Crippen LogP contribution in [0.4, 0.5) is 14.5 Å². The summed E-state index contributed by atoms with van der Waals surface area (Å²) in [6.45, 7) is 1.76. The molecule has 1 amide bonds. The minimum absolute atomic E-state index is 0.126. The predicted octanol–water partition coefficient (Wildman–Crippen LogP) is 3.34. The summed E-state index contributed by atoms with van der Waals surface area (Å²) < 4.78 is 38.6. The molecule has 8 heteroatoms. The van der Waals surface area contributed by atoms with Gasteiger partial charge in [-0.25, -0.2) is 8.78 Å². The van der Waals surface area contributed by atoms with E-state index in [9.17, 15) is 18.1 Å². The monoisotopic (exact) mass is 397 g/mol. The Kier molecular flexibility index (Phi) is 6.29. The first-order valence-electron chi connectivity index (χ1n) is 9.07. The molecule has 2 aromatic rings. The molecule has 1 aliphatic rings. The Labute approximate surface area is 160 Å². The van der Waals surface area contributed by atoms with Crippen molar-refractivity contribution >= 4 is 32.4 Å². The average molecular weight is 397 g/mol. The highest BCUT2D eigenvalue weighted by Gasteiger charge is 2.25. The number of nitrogens with zero attached hydrogens (tertiary/aromatic N) is 2. The number of rotatable bonds is 6. The summed E-state index contributed by atoms with van der Waals surface area (Å²) in [5, 5.41) is 5.51. The minimum Gasteiger partial charge on any atom is -0.590 e. The number of thiophene rings is 1. The van der Waals surface area contributed by atoms with Gasteiger partial charge in [-0.05, 0) is 49.8 Å². The highest BCUT2D eigenvalue weighted by Crippen LogP contribution is 2.39. The molecule has 1 unspecified atom stereocenters. The second-order valence-electron chi connectivity index (χ2n) is 7.26. The number of nitrogens with one attached hydrogen (secondary N) is 1. The summed E-state index contributed by atoms with van der Waals surface area (Å²) in [7, 11) is 2.34. The van der Waals surface area contributed by atoms with Crippen LogP contribution in [0.2, 0.25) is 0 Å². The summed E-state index contributed by atoms with van der Waals surface area (Å²) in [5.74, 6) is 0.126. The van der Waals surface area contributed by atoms with E-state index in [1.165, 1.54) is 5.38 Å². The van der Waals surface area contributed by atoms with Gasteiger partial charge in [0.05, 0.1) is 12.2 Å². The molecular weight excluding hydrogens is 372 g/mol. The molecule has 0 aliphatic carbocycles. The van der Waals surface area contributed by atoms with Gasteiger partial charge in [0.25, 0.3) is 0 Å². The van der Waals surface area contributed by atoms with Gasteiger partial charge in [-0.15, -0.1) is 0 Å². The van der Waals surface area contributed by atoms with Crippen LogP contribution in [-0.2, 0) is 11.2 Å². The Bertz CT molecular complexity index is 802. The smallest absolute Gasteiger partial charge is 0.242 e. The number of piperidine rings is 1. The molecule has 27 heavy (non-hydrogen) atoms. The number of halogens is 2. The number of carbonyl (C=O) groups excluding carboxylic acids is 1. The number of amides is 1. The highest BCUT2D eigenvalue weighted by atomic mass is 32.2. The van der Waals surface area contributed by atoms with Crippen molar-refractivity contribution in [2.45, 2.75) is 31.7 Å².